The van der Waals surface area contributed by atoms with Crippen LogP contribution in [-0.4, -0.2) is 16.6 Å². The normalized spacial score (nSPS) is 10.3. The first-order valence-corrected chi connectivity index (χ1v) is 4.37. The van der Waals surface area contributed by atoms with Gasteiger partial charge in [0.25, 0.3) is 0 Å². The van der Waals surface area contributed by atoms with Crippen molar-refractivity contribution < 1.29 is 8.78 Å². The molecular formula is C10H9F2N3. The second-order valence-corrected chi connectivity index (χ2v) is 3.00. The van der Waals surface area contributed by atoms with Gasteiger partial charge in [-0.1, -0.05) is 0 Å². The molecule has 0 aliphatic carbocycles. The van der Waals surface area contributed by atoms with Crippen molar-refractivity contribution in [2.75, 3.05) is 12.4 Å². The molecule has 0 saturated heterocycles. The number of nitrogens with zero attached hydrogens (tertiary/aromatic N) is 2. The van der Waals surface area contributed by atoms with Crippen LogP contribution in [0.3, 0.4) is 0 Å². The summed E-state index contributed by atoms with van der Waals surface area (Å²) in [5.41, 5.74) is 0.278. The second kappa shape index (κ2) is 3.68. The predicted octanol–water partition coefficient (Wildman–Crippen LogP) is 2.19. The second-order valence-electron chi connectivity index (χ2n) is 3.00. The number of hydrogen-bond donors (Lipinski definition) is 1. The van der Waals surface area contributed by atoms with Crippen molar-refractivity contribution in [3.63, 3.8) is 0 Å². The van der Waals surface area contributed by atoms with E-state index in [1.807, 2.05) is 0 Å². The number of hydrogen-bond acceptors (Lipinski definition) is 2. The van der Waals surface area contributed by atoms with E-state index in [0.29, 0.717) is 5.69 Å². The minimum atomic E-state index is -0.624. The van der Waals surface area contributed by atoms with E-state index < -0.39 is 11.6 Å². The van der Waals surface area contributed by atoms with E-state index in [9.17, 15) is 8.78 Å². The fourth-order valence-electron chi connectivity index (χ4n) is 1.36. The van der Waals surface area contributed by atoms with Gasteiger partial charge in [0, 0.05) is 31.6 Å². The summed E-state index contributed by atoms with van der Waals surface area (Å²) in [7, 11) is 1.47. The minimum absolute atomic E-state index is 0.126. The van der Waals surface area contributed by atoms with Crippen molar-refractivity contribution in [1.29, 1.82) is 0 Å². The van der Waals surface area contributed by atoms with Crippen LogP contribution in [0.4, 0.5) is 14.5 Å². The molecule has 1 aromatic carbocycles. The zero-order valence-electron chi connectivity index (χ0n) is 8.04. The van der Waals surface area contributed by atoms with Crippen molar-refractivity contribution in [1.82, 2.24) is 9.55 Å². The summed E-state index contributed by atoms with van der Waals surface area (Å²) in [5.74, 6) is -1.25. The van der Waals surface area contributed by atoms with Crippen molar-refractivity contribution >= 4 is 5.69 Å². The molecule has 0 bridgehead atoms. The molecule has 0 radical (unpaired) electrons. The predicted molar refractivity (Wildman–Crippen MR) is 53.0 cm³/mol. The molecule has 78 valence electrons. The molecule has 5 heteroatoms. The molecule has 1 N–H and O–H groups in total. The van der Waals surface area contributed by atoms with Gasteiger partial charge in [-0.3, -0.25) is 0 Å². The van der Waals surface area contributed by atoms with Crippen LogP contribution in [0.5, 0.6) is 0 Å². The summed E-state index contributed by atoms with van der Waals surface area (Å²) >= 11 is 0. The van der Waals surface area contributed by atoms with Gasteiger partial charge in [0.15, 0.2) is 11.6 Å². The first-order valence-electron chi connectivity index (χ1n) is 4.37. The molecule has 1 heterocycles. The molecule has 0 aliphatic rings. The van der Waals surface area contributed by atoms with Crippen molar-refractivity contribution in [3.8, 4) is 5.69 Å². The number of benzene rings is 1. The molecule has 2 aromatic rings. The summed E-state index contributed by atoms with van der Waals surface area (Å²) < 4.78 is 28.3. The van der Waals surface area contributed by atoms with Crippen LogP contribution < -0.4 is 5.32 Å². The smallest absolute Gasteiger partial charge is 0.151 e. The molecule has 0 saturated carbocycles. The molecule has 0 amide bonds. The fourth-order valence-corrected chi connectivity index (χ4v) is 1.36. The molecule has 1 aromatic heterocycles. The summed E-state index contributed by atoms with van der Waals surface area (Å²) in [4.78, 5) is 3.80. The third-order valence-electron chi connectivity index (χ3n) is 2.08. The third-order valence-corrected chi connectivity index (χ3v) is 2.08. The Bertz CT molecular complexity index is 443. The van der Waals surface area contributed by atoms with Gasteiger partial charge in [0.2, 0.25) is 0 Å². The Labute approximate surface area is 85.4 Å². The van der Waals surface area contributed by atoms with E-state index >= 15 is 0 Å². The number of nitrogens with one attached hydrogen (secondary N) is 1. The van der Waals surface area contributed by atoms with Gasteiger partial charge < -0.3 is 9.88 Å². The Morgan fingerprint density at radius 1 is 1.27 bits per heavy atom. The monoisotopic (exact) mass is 209 g/mol. The van der Waals surface area contributed by atoms with Gasteiger partial charge in [0.1, 0.15) is 5.69 Å². The maximum absolute atomic E-state index is 13.4. The highest BCUT2D eigenvalue weighted by Gasteiger charge is 2.09. The zero-order chi connectivity index (χ0) is 10.8. The third kappa shape index (κ3) is 1.68. The van der Waals surface area contributed by atoms with E-state index in [1.165, 1.54) is 30.1 Å². The molecule has 3 nitrogen and oxygen atoms in total. The van der Waals surface area contributed by atoms with E-state index in [1.54, 1.807) is 12.4 Å². The van der Waals surface area contributed by atoms with Gasteiger partial charge in [0.05, 0.1) is 12.0 Å². The zero-order valence-corrected chi connectivity index (χ0v) is 8.04. The summed E-state index contributed by atoms with van der Waals surface area (Å²) in [6.07, 6.45) is 4.64. The lowest BCUT2D eigenvalue weighted by molar-refractivity contribution is 0.588. The molecule has 0 unspecified atom stereocenters. The maximum atomic E-state index is 13.4. The quantitative estimate of drug-likeness (QED) is 0.821. The highest BCUT2D eigenvalue weighted by Crippen LogP contribution is 2.21. The largest absolute Gasteiger partial charge is 0.383 e. The molecule has 15 heavy (non-hydrogen) atoms. The number of imidazole rings is 1. The van der Waals surface area contributed by atoms with Gasteiger partial charge in [-0.05, 0) is 0 Å². The lowest BCUT2D eigenvalue weighted by Crippen LogP contribution is -2.00. The topological polar surface area (TPSA) is 29.9 Å². The minimum Gasteiger partial charge on any atom is -0.383 e. The highest BCUT2D eigenvalue weighted by molar-refractivity contribution is 5.51. The first-order chi connectivity index (χ1) is 7.22. The van der Waals surface area contributed by atoms with Crippen LogP contribution in [0.25, 0.3) is 5.69 Å². The van der Waals surface area contributed by atoms with Crippen LogP contribution in [0.15, 0.2) is 30.9 Å². The number of rotatable bonds is 2. The van der Waals surface area contributed by atoms with Gasteiger partial charge >= 0.3 is 0 Å². The van der Waals surface area contributed by atoms with Crippen LogP contribution >= 0.6 is 0 Å². The Kier molecular flexibility index (Phi) is 2.37. The van der Waals surface area contributed by atoms with Crippen molar-refractivity contribution in [2.45, 2.75) is 0 Å². The fraction of sp³-hybridized carbons (Fsp3) is 0.100. The van der Waals surface area contributed by atoms with Crippen molar-refractivity contribution in [3.05, 3.63) is 42.5 Å². The molecule has 2 rings (SSSR count). The Morgan fingerprint density at radius 2 is 1.93 bits per heavy atom. The molecule has 0 atom stereocenters. The first kappa shape index (κ1) is 9.64. The van der Waals surface area contributed by atoms with Gasteiger partial charge in [-0.2, -0.15) is 0 Å². The molecule has 0 aliphatic heterocycles. The Hall–Kier alpha value is -1.91. The lowest BCUT2D eigenvalue weighted by Gasteiger charge is -2.07. The Balaban J connectivity index is 2.53. The standard InChI is InChI=1S/C10H9F2N3/c1-13-10-8(11)4-7(5-9(10)12)15-3-2-14-6-15/h2-6,13H,1H3. The van der Waals surface area contributed by atoms with E-state index in [0.717, 1.165) is 0 Å². The number of halogens is 2. The van der Waals surface area contributed by atoms with Crippen LogP contribution in [-0.2, 0) is 0 Å². The summed E-state index contributed by atoms with van der Waals surface area (Å²) in [5, 5.41) is 2.46. The van der Waals surface area contributed by atoms with Crippen LogP contribution in [0.1, 0.15) is 0 Å². The SMILES string of the molecule is CNc1c(F)cc(-n2ccnc2)cc1F. The highest BCUT2D eigenvalue weighted by atomic mass is 19.1. The summed E-state index contributed by atoms with van der Waals surface area (Å²) in [6.45, 7) is 0. The average molecular weight is 209 g/mol. The summed E-state index contributed by atoms with van der Waals surface area (Å²) in [6, 6.07) is 2.49. The lowest BCUT2D eigenvalue weighted by atomic mass is 10.2. The molecule has 0 spiro atoms. The van der Waals surface area contributed by atoms with Crippen LogP contribution in [0.2, 0.25) is 0 Å². The molecule has 0 fully saturated rings. The Morgan fingerprint density at radius 3 is 2.40 bits per heavy atom. The average Bonchev–Trinajstić information content (AvgIpc) is 2.69. The number of aromatic nitrogens is 2. The van der Waals surface area contributed by atoms with E-state index in [2.05, 4.69) is 10.3 Å². The van der Waals surface area contributed by atoms with Gasteiger partial charge in [-0.15, -0.1) is 0 Å². The van der Waals surface area contributed by atoms with Crippen molar-refractivity contribution in [2.24, 2.45) is 0 Å². The number of anilines is 1. The maximum Gasteiger partial charge on any atom is 0.151 e. The van der Waals surface area contributed by atoms with Gasteiger partial charge in [-0.25, -0.2) is 13.8 Å². The van der Waals surface area contributed by atoms with E-state index in [4.69, 9.17) is 0 Å². The van der Waals surface area contributed by atoms with Crippen LogP contribution in [0, 0.1) is 11.6 Å². The van der Waals surface area contributed by atoms with E-state index in [-0.39, 0.29) is 5.69 Å². The molecular weight excluding hydrogens is 200 g/mol.